The quantitative estimate of drug-likeness (QED) is 0.903. The van der Waals surface area contributed by atoms with Gasteiger partial charge in [-0.3, -0.25) is 9.59 Å². The van der Waals surface area contributed by atoms with E-state index in [9.17, 15) is 9.59 Å². The molecule has 2 amide bonds. The molecule has 136 valence electrons. The maximum Gasteiger partial charge on any atom is 0.264 e. The molecule has 2 N–H and O–H groups in total. The van der Waals surface area contributed by atoms with Crippen molar-refractivity contribution >= 4 is 23.2 Å². The number of nitrogens with zero attached hydrogens (tertiary/aromatic N) is 1. The lowest BCUT2D eigenvalue weighted by Crippen LogP contribution is -2.51. The van der Waals surface area contributed by atoms with Crippen molar-refractivity contribution in [3.63, 3.8) is 0 Å². The minimum atomic E-state index is -0.570. The highest BCUT2D eigenvalue weighted by Crippen LogP contribution is 2.35. The molecule has 2 heterocycles. The molecular formula is C21H24N2O2S. The van der Waals surface area contributed by atoms with Crippen molar-refractivity contribution in [1.29, 1.82) is 0 Å². The predicted octanol–water partition coefficient (Wildman–Crippen LogP) is 3.32. The molecule has 0 spiro atoms. The van der Waals surface area contributed by atoms with Gasteiger partial charge in [0.15, 0.2) is 0 Å². The van der Waals surface area contributed by atoms with Crippen LogP contribution < -0.4 is 5.73 Å². The molecule has 2 aliphatic rings. The van der Waals surface area contributed by atoms with Crippen LogP contribution in [-0.2, 0) is 30.6 Å². The highest BCUT2D eigenvalue weighted by atomic mass is 32.1. The van der Waals surface area contributed by atoms with Crippen molar-refractivity contribution in [2.75, 3.05) is 0 Å². The molecule has 4 rings (SSSR count). The molecule has 0 saturated carbocycles. The Kier molecular flexibility index (Phi) is 4.57. The molecule has 0 radical (unpaired) electrons. The van der Waals surface area contributed by atoms with Crippen molar-refractivity contribution in [1.82, 2.24) is 4.90 Å². The Morgan fingerprint density at radius 2 is 1.96 bits per heavy atom. The first-order valence-corrected chi connectivity index (χ1v) is 10.2. The van der Waals surface area contributed by atoms with Gasteiger partial charge in [0.1, 0.15) is 6.04 Å². The normalized spacial score (nSPS) is 21.8. The van der Waals surface area contributed by atoms with Gasteiger partial charge in [-0.25, -0.2) is 0 Å². The molecule has 0 bridgehead atoms. The Labute approximate surface area is 158 Å². The van der Waals surface area contributed by atoms with Gasteiger partial charge in [0.25, 0.3) is 5.91 Å². The van der Waals surface area contributed by atoms with E-state index in [2.05, 4.69) is 13.0 Å². The number of thiophene rings is 1. The number of hydrogen-bond donors (Lipinski definition) is 1. The van der Waals surface area contributed by atoms with Crippen molar-refractivity contribution in [3.8, 4) is 0 Å². The van der Waals surface area contributed by atoms with Gasteiger partial charge >= 0.3 is 0 Å². The number of carbonyl (C=O) groups excluding carboxylic acids is 2. The molecule has 26 heavy (non-hydrogen) atoms. The van der Waals surface area contributed by atoms with Crippen LogP contribution in [0.15, 0.2) is 30.3 Å². The summed E-state index contributed by atoms with van der Waals surface area (Å²) in [4.78, 5) is 29.0. The SMILES string of the molecule is CCC1CCc2sc(C(=O)N3Cc4ccccc4CC3C(N)=O)cc2C1. The first-order chi connectivity index (χ1) is 12.6. The number of aryl methyl sites for hydroxylation is 1. The summed E-state index contributed by atoms with van der Waals surface area (Å²) in [5, 5.41) is 0. The second-order valence-electron chi connectivity index (χ2n) is 7.40. The Morgan fingerprint density at radius 1 is 1.19 bits per heavy atom. The van der Waals surface area contributed by atoms with Crippen LogP contribution in [-0.4, -0.2) is 22.8 Å². The lowest BCUT2D eigenvalue weighted by molar-refractivity contribution is -0.122. The topological polar surface area (TPSA) is 63.4 Å². The van der Waals surface area contributed by atoms with Crippen molar-refractivity contribution in [2.45, 2.75) is 51.6 Å². The predicted molar refractivity (Wildman–Crippen MR) is 103 cm³/mol. The van der Waals surface area contributed by atoms with Crippen LogP contribution in [0.5, 0.6) is 0 Å². The third-order valence-corrected chi connectivity index (χ3v) is 7.04. The largest absolute Gasteiger partial charge is 0.368 e. The van der Waals surface area contributed by atoms with Gasteiger partial charge < -0.3 is 10.6 Å². The molecule has 1 aliphatic heterocycles. The summed E-state index contributed by atoms with van der Waals surface area (Å²) in [5.74, 6) is 0.233. The number of primary amides is 1. The van der Waals surface area contributed by atoms with Crippen molar-refractivity contribution < 1.29 is 9.59 Å². The lowest BCUT2D eigenvalue weighted by Gasteiger charge is -2.34. The van der Waals surface area contributed by atoms with E-state index >= 15 is 0 Å². The van der Waals surface area contributed by atoms with Gasteiger partial charge in [0.2, 0.25) is 5.91 Å². The number of fused-ring (bicyclic) bond motifs is 2. The molecular weight excluding hydrogens is 344 g/mol. The number of hydrogen-bond acceptors (Lipinski definition) is 3. The first kappa shape index (κ1) is 17.3. The minimum absolute atomic E-state index is 0.0595. The van der Waals surface area contributed by atoms with Crippen LogP contribution in [0.25, 0.3) is 0 Å². The summed E-state index contributed by atoms with van der Waals surface area (Å²) in [7, 11) is 0. The summed E-state index contributed by atoms with van der Waals surface area (Å²) in [6.07, 6.45) is 5.02. The third-order valence-electron chi connectivity index (χ3n) is 5.81. The molecule has 0 fully saturated rings. The molecule has 2 unspecified atom stereocenters. The Bertz CT molecular complexity index is 857. The van der Waals surface area contributed by atoms with Gasteiger partial charge in [0.05, 0.1) is 4.88 Å². The van der Waals surface area contributed by atoms with Gasteiger partial charge in [-0.2, -0.15) is 0 Å². The van der Waals surface area contributed by atoms with E-state index in [0.717, 1.165) is 34.8 Å². The first-order valence-electron chi connectivity index (χ1n) is 9.35. The van der Waals surface area contributed by atoms with E-state index < -0.39 is 11.9 Å². The average molecular weight is 369 g/mol. The van der Waals surface area contributed by atoms with Crippen LogP contribution in [0.4, 0.5) is 0 Å². The zero-order valence-electron chi connectivity index (χ0n) is 15.0. The van der Waals surface area contributed by atoms with E-state index in [1.807, 2.05) is 24.3 Å². The summed E-state index contributed by atoms with van der Waals surface area (Å²) in [5.41, 5.74) is 9.17. The fourth-order valence-corrected chi connectivity index (χ4v) is 5.35. The fourth-order valence-electron chi connectivity index (χ4n) is 4.19. The number of rotatable bonds is 3. The lowest BCUT2D eigenvalue weighted by atomic mass is 9.87. The van der Waals surface area contributed by atoms with Crippen LogP contribution in [0, 0.1) is 5.92 Å². The smallest absolute Gasteiger partial charge is 0.264 e. The van der Waals surface area contributed by atoms with Crippen molar-refractivity contribution in [2.24, 2.45) is 11.7 Å². The van der Waals surface area contributed by atoms with Crippen LogP contribution in [0.3, 0.4) is 0 Å². The molecule has 1 aromatic heterocycles. The number of benzene rings is 1. The van der Waals surface area contributed by atoms with Crippen LogP contribution in [0.2, 0.25) is 0 Å². The van der Waals surface area contributed by atoms with E-state index in [1.165, 1.54) is 23.3 Å². The van der Waals surface area contributed by atoms with E-state index in [0.29, 0.717) is 13.0 Å². The van der Waals surface area contributed by atoms with E-state index in [1.54, 1.807) is 16.2 Å². The Hall–Kier alpha value is -2.14. The molecule has 1 aromatic carbocycles. The molecule has 4 nitrogen and oxygen atoms in total. The zero-order chi connectivity index (χ0) is 18.3. The minimum Gasteiger partial charge on any atom is -0.368 e. The van der Waals surface area contributed by atoms with E-state index in [4.69, 9.17) is 5.73 Å². The fraction of sp³-hybridized carbons (Fsp3) is 0.429. The summed E-state index contributed by atoms with van der Waals surface area (Å²) < 4.78 is 0. The standard InChI is InChI=1S/C21H24N2O2S/c1-2-13-7-8-18-16(9-13)11-19(26-18)21(25)23-12-15-6-4-3-5-14(15)10-17(23)20(22)24/h3-6,11,13,17H,2,7-10,12H2,1H3,(H2,22,24). The Balaban J connectivity index is 1.63. The molecule has 2 aromatic rings. The second-order valence-corrected chi connectivity index (χ2v) is 8.54. The van der Waals surface area contributed by atoms with Crippen LogP contribution in [0.1, 0.15) is 51.0 Å². The third kappa shape index (κ3) is 3.05. The van der Waals surface area contributed by atoms with Crippen molar-refractivity contribution in [3.05, 3.63) is 56.8 Å². The highest BCUT2D eigenvalue weighted by molar-refractivity contribution is 7.14. The highest BCUT2D eigenvalue weighted by Gasteiger charge is 2.35. The molecule has 2 atom stereocenters. The molecule has 5 heteroatoms. The summed E-state index contributed by atoms with van der Waals surface area (Å²) in [6, 6.07) is 9.47. The van der Waals surface area contributed by atoms with Gasteiger partial charge in [-0.1, -0.05) is 37.6 Å². The number of amides is 2. The second kappa shape index (κ2) is 6.88. The van der Waals surface area contributed by atoms with Gasteiger partial charge in [-0.15, -0.1) is 11.3 Å². The number of carbonyl (C=O) groups is 2. The molecule has 1 aliphatic carbocycles. The maximum absolute atomic E-state index is 13.2. The van der Waals surface area contributed by atoms with Gasteiger partial charge in [0, 0.05) is 17.8 Å². The van der Waals surface area contributed by atoms with Gasteiger partial charge in [-0.05, 0) is 47.9 Å². The molecule has 0 saturated heterocycles. The average Bonchev–Trinajstić information content (AvgIpc) is 3.09. The maximum atomic E-state index is 13.2. The zero-order valence-corrected chi connectivity index (χ0v) is 15.8. The summed E-state index contributed by atoms with van der Waals surface area (Å²) in [6.45, 7) is 2.68. The number of nitrogens with two attached hydrogens (primary N) is 1. The monoisotopic (exact) mass is 368 g/mol. The van der Waals surface area contributed by atoms with Crippen LogP contribution >= 0.6 is 11.3 Å². The summed E-state index contributed by atoms with van der Waals surface area (Å²) >= 11 is 1.60. The van der Waals surface area contributed by atoms with E-state index in [-0.39, 0.29) is 5.91 Å². The Morgan fingerprint density at radius 3 is 2.69 bits per heavy atom.